The molecule has 8 nitrogen and oxygen atoms in total. The second-order valence-corrected chi connectivity index (χ2v) is 7.08. The largest absolute Gasteiger partial charge is 0.454 e. The molecular weight excluding hydrogens is 374 g/mol. The SMILES string of the molecule is Cc1cccc(C(=O)N[C@H](C(=O)NNC(=O)c2ccc3c(c2)OCO3)C(C)C)c1. The number of nitrogens with one attached hydrogen (secondary N) is 3. The number of benzene rings is 2. The van der Waals surface area contributed by atoms with E-state index >= 15 is 0 Å². The lowest BCUT2D eigenvalue weighted by atomic mass is 10.0. The van der Waals surface area contributed by atoms with E-state index in [0.717, 1.165) is 5.56 Å². The third-order valence-corrected chi connectivity index (χ3v) is 4.45. The molecule has 0 radical (unpaired) electrons. The van der Waals surface area contributed by atoms with Crippen LogP contribution in [-0.2, 0) is 4.79 Å². The Morgan fingerprint density at radius 2 is 1.62 bits per heavy atom. The van der Waals surface area contributed by atoms with Crippen LogP contribution >= 0.6 is 0 Å². The van der Waals surface area contributed by atoms with E-state index in [1.165, 1.54) is 6.07 Å². The summed E-state index contributed by atoms with van der Waals surface area (Å²) in [7, 11) is 0. The smallest absolute Gasteiger partial charge is 0.269 e. The average molecular weight is 397 g/mol. The van der Waals surface area contributed by atoms with E-state index in [2.05, 4.69) is 16.2 Å². The lowest BCUT2D eigenvalue weighted by Gasteiger charge is -2.22. The molecule has 1 heterocycles. The second-order valence-electron chi connectivity index (χ2n) is 7.08. The lowest BCUT2D eigenvalue weighted by molar-refractivity contribution is -0.124. The fourth-order valence-electron chi connectivity index (χ4n) is 2.85. The van der Waals surface area contributed by atoms with E-state index in [1.807, 2.05) is 13.0 Å². The molecule has 3 amide bonds. The van der Waals surface area contributed by atoms with E-state index in [1.54, 1.807) is 44.2 Å². The molecule has 0 aromatic heterocycles. The molecule has 2 aromatic carbocycles. The van der Waals surface area contributed by atoms with Crippen LogP contribution < -0.4 is 25.6 Å². The van der Waals surface area contributed by atoms with Gasteiger partial charge in [-0.1, -0.05) is 31.5 Å². The highest BCUT2D eigenvalue weighted by Crippen LogP contribution is 2.32. The summed E-state index contributed by atoms with van der Waals surface area (Å²) in [6.45, 7) is 5.60. The van der Waals surface area contributed by atoms with Crippen molar-refractivity contribution in [2.45, 2.75) is 26.8 Å². The Morgan fingerprint density at radius 1 is 0.897 bits per heavy atom. The van der Waals surface area contributed by atoms with Crippen LogP contribution in [-0.4, -0.2) is 30.6 Å². The Labute approximate surface area is 168 Å². The number of hydrazine groups is 1. The van der Waals surface area contributed by atoms with E-state index in [4.69, 9.17) is 9.47 Å². The maximum Gasteiger partial charge on any atom is 0.269 e. The molecule has 0 bridgehead atoms. The van der Waals surface area contributed by atoms with Crippen molar-refractivity contribution in [1.82, 2.24) is 16.2 Å². The number of hydrogen-bond donors (Lipinski definition) is 3. The van der Waals surface area contributed by atoms with Gasteiger partial charge in [-0.3, -0.25) is 25.2 Å². The molecule has 1 aliphatic rings. The van der Waals surface area contributed by atoms with Gasteiger partial charge in [0.1, 0.15) is 6.04 Å². The fraction of sp³-hybridized carbons (Fsp3) is 0.286. The Hall–Kier alpha value is -3.55. The van der Waals surface area contributed by atoms with Crippen molar-refractivity contribution in [2.75, 3.05) is 6.79 Å². The van der Waals surface area contributed by atoms with Gasteiger partial charge in [-0.2, -0.15) is 0 Å². The molecule has 1 atom stereocenters. The first-order valence-electron chi connectivity index (χ1n) is 9.22. The van der Waals surface area contributed by atoms with Gasteiger partial charge < -0.3 is 14.8 Å². The number of rotatable bonds is 5. The van der Waals surface area contributed by atoms with Gasteiger partial charge in [-0.25, -0.2) is 0 Å². The molecule has 3 N–H and O–H groups in total. The van der Waals surface area contributed by atoms with Crippen LogP contribution in [0.4, 0.5) is 0 Å². The molecule has 8 heteroatoms. The molecule has 0 saturated heterocycles. The van der Waals surface area contributed by atoms with Crippen molar-refractivity contribution < 1.29 is 23.9 Å². The number of carbonyl (C=O) groups is 3. The highest BCUT2D eigenvalue weighted by Gasteiger charge is 2.25. The van der Waals surface area contributed by atoms with Gasteiger partial charge in [0.25, 0.3) is 17.7 Å². The first kappa shape index (κ1) is 20.2. The zero-order chi connectivity index (χ0) is 21.0. The molecule has 0 saturated carbocycles. The first-order chi connectivity index (χ1) is 13.8. The maximum absolute atomic E-state index is 12.6. The average Bonchev–Trinajstić information content (AvgIpc) is 3.17. The van der Waals surface area contributed by atoms with Gasteiger partial charge in [0, 0.05) is 11.1 Å². The zero-order valence-electron chi connectivity index (χ0n) is 16.4. The molecule has 152 valence electrons. The van der Waals surface area contributed by atoms with E-state index in [9.17, 15) is 14.4 Å². The third kappa shape index (κ3) is 4.84. The van der Waals surface area contributed by atoms with E-state index < -0.39 is 17.9 Å². The summed E-state index contributed by atoms with van der Waals surface area (Å²) in [5, 5.41) is 2.72. The van der Waals surface area contributed by atoms with E-state index in [-0.39, 0.29) is 18.6 Å². The van der Waals surface area contributed by atoms with Crippen LogP contribution in [0, 0.1) is 12.8 Å². The molecule has 3 rings (SSSR count). The summed E-state index contributed by atoms with van der Waals surface area (Å²) >= 11 is 0. The minimum Gasteiger partial charge on any atom is -0.454 e. The highest BCUT2D eigenvalue weighted by atomic mass is 16.7. The van der Waals surface area contributed by atoms with Crippen molar-refractivity contribution in [3.63, 3.8) is 0 Å². The summed E-state index contributed by atoms with van der Waals surface area (Å²) in [6, 6.07) is 11.0. The van der Waals surface area contributed by atoms with Crippen molar-refractivity contribution in [2.24, 2.45) is 5.92 Å². The normalized spacial score (nSPS) is 13.0. The van der Waals surface area contributed by atoms with Gasteiger partial charge in [0.05, 0.1) is 0 Å². The van der Waals surface area contributed by atoms with Gasteiger partial charge in [-0.05, 0) is 43.2 Å². The van der Waals surface area contributed by atoms with Crippen LogP contribution in [0.5, 0.6) is 11.5 Å². The van der Waals surface area contributed by atoms with Crippen molar-refractivity contribution in [1.29, 1.82) is 0 Å². The third-order valence-electron chi connectivity index (χ3n) is 4.45. The van der Waals surface area contributed by atoms with Gasteiger partial charge in [0.2, 0.25) is 6.79 Å². The highest BCUT2D eigenvalue weighted by molar-refractivity contribution is 5.99. The Balaban J connectivity index is 1.60. The van der Waals surface area contributed by atoms with Crippen molar-refractivity contribution in [3.05, 3.63) is 59.2 Å². The standard InChI is InChI=1S/C21H23N3O5/c1-12(2)18(22-19(25)14-6-4-5-13(3)9-14)21(27)24-23-20(26)15-7-8-16-17(10-15)29-11-28-16/h4-10,12,18H,11H2,1-3H3,(H,22,25)(H,23,26)(H,24,27)/t18-/m0/s1. The van der Waals surface area contributed by atoms with E-state index in [0.29, 0.717) is 22.6 Å². The predicted molar refractivity (Wildman–Crippen MR) is 105 cm³/mol. The number of hydrogen-bond acceptors (Lipinski definition) is 5. The molecule has 0 fully saturated rings. The lowest BCUT2D eigenvalue weighted by Crippen LogP contribution is -2.54. The van der Waals surface area contributed by atoms with Crippen LogP contribution in [0.25, 0.3) is 0 Å². The minimum atomic E-state index is -0.819. The first-order valence-corrected chi connectivity index (χ1v) is 9.22. The number of aryl methyl sites for hydroxylation is 1. The predicted octanol–water partition coefficient (Wildman–Crippen LogP) is 1.94. The van der Waals surface area contributed by atoms with Crippen molar-refractivity contribution >= 4 is 17.7 Å². The second kappa shape index (κ2) is 8.64. The van der Waals surface area contributed by atoms with Crippen molar-refractivity contribution in [3.8, 4) is 11.5 Å². The quantitative estimate of drug-likeness (QED) is 0.669. The summed E-state index contributed by atoms with van der Waals surface area (Å²) in [4.78, 5) is 37.3. The number of amides is 3. The van der Waals surface area contributed by atoms with Crippen LogP contribution in [0.15, 0.2) is 42.5 Å². The topological polar surface area (TPSA) is 106 Å². The van der Waals surface area contributed by atoms with Gasteiger partial charge in [-0.15, -0.1) is 0 Å². The zero-order valence-corrected chi connectivity index (χ0v) is 16.4. The molecule has 29 heavy (non-hydrogen) atoms. The summed E-state index contributed by atoms with van der Waals surface area (Å²) in [6.07, 6.45) is 0. The van der Waals surface area contributed by atoms with Gasteiger partial charge >= 0.3 is 0 Å². The summed E-state index contributed by atoms with van der Waals surface area (Å²) in [5.41, 5.74) is 6.45. The van der Waals surface area contributed by atoms with Crippen LogP contribution in [0.3, 0.4) is 0 Å². The Morgan fingerprint density at radius 3 is 2.34 bits per heavy atom. The summed E-state index contributed by atoms with van der Waals surface area (Å²) < 4.78 is 10.4. The Bertz CT molecular complexity index is 942. The molecule has 0 unspecified atom stereocenters. The number of ether oxygens (including phenoxy) is 2. The monoisotopic (exact) mass is 397 g/mol. The molecule has 0 spiro atoms. The Kier molecular flexibility index (Phi) is 6.01. The van der Waals surface area contributed by atoms with Gasteiger partial charge in [0.15, 0.2) is 11.5 Å². The molecule has 0 aliphatic carbocycles. The molecule has 2 aromatic rings. The fourth-order valence-corrected chi connectivity index (χ4v) is 2.85. The summed E-state index contributed by atoms with van der Waals surface area (Å²) in [5.74, 6) is -0.547. The van der Waals surface area contributed by atoms with Crippen LogP contribution in [0.1, 0.15) is 40.1 Å². The molecular formula is C21H23N3O5. The number of carbonyl (C=O) groups excluding carboxylic acids is 3. The molecule has 1 aliphatic heterocycles. The number of fused-ring (bicyclic) bond motifs is 1. The maximum atomic E-state index is 12.6. The van der Waals surface area contributed by atoms with Crippen LogP contribution in [0.2, 0.25) is 0 Å². The minimum absolute atomic E-state index is 0.105.